The standard InChI is InChI=1S/C24H32N2O4/c1-24(2,3)30-23(28)26-21(22(27)29-4)17-19-14-12-18(13-15-19)9-8-16-25-20-10-6-5-7-11-20/h5-7,10-15,21,25H,8-9,16-17H2,1-4H3,(H,26,28)/t21-/m0/s1. The van der Waals surface area contributed by atoms with Gasteiger partial charge in [0.25, 0.3) is 0 Å². The van der Waals surface area contributed by atoms with Gasteiger partial charge in [0.2, 0.25) is 0 Å². The van der Waals surface area contributed by atoms with E-state index in [0.29, 0.717) is 6.42 Å². The number of hydrogen-bond donors (Lipinski definition) is 2. The monoisotopic (exact) mass is 412 g/mol. The van der Waals surface area contributed by atoms with Crippen LogP contribution in [0.3, 0.4) is 0 Å². The molecule has 2 N–H and O–H groups in total. The van der Waals surface area contributed by atoms with Crippen molar-refractivity contribution in [1.29, 1.82) is 0 Å². The van der Waals surface area contributed by atoms with E-state index in [2.05, 4.69) is 34.9 Å². The number of carbonyl (C=O) groups excluding carboxylic acids is 2. The smallest absolute Gasteiger partial charge is 0.408 e. The Labute approximate surface area is 179 Å². The number of rotatable bonds is 9. The van der Waals surface area contributed by atoms with Gasteiger partial charge in [-0.1, -0.05) is 42.5 Å². The molecule has 2 aromatic carbocycles. The summed E-state index contributed by atoms with van der Waals surface area (Å²) >= 11 is 0. The lowest BCUT2D eigenvalue weighted by atomic mass is 10.0. The van der Waals surface area contributed by atoms with Crippen LogP contribution < -0.4 is 10.6 Å². The van der Waals surface area contributed by atoms with Crippen LogP contribution in [0.2, 0.25) is 0 Å². The molecule has 6 nitrogen and oxygen atoms in total. The van der Waals surface area contributed by atoms with Gasteiger partial charge in [-0.3, -0.25) is 0 Å². The Morgan fingerprint density at radius 2 is 1.60 bits per heavy atom. The van der Waals surface area contributed by atoms with Crippen molar-refractivity contribution in [2.45, 2.75) is 51.7 Å². The number of amides is 1. The van der Waals surface area contributed by atoms with Gasteiger partial charge < -0.3 is 20.1 Å². The Kier molecular flexibility index (Phi) is 8.71. The second kappa shape index (κ2) is 11.2. The molecule has 0 saturated heterocycles. The van der Waals surface area contributed by atoms with Gasteiger partial charge in [-0.15, -0.1) is 0 Å². The molecule has 6 heteroatoms. The Morgan fingerprint density at radius 3 is 2.20 bits per heavy atom. The van der Waals surface area contributed by atoms with Crippen molar-refractivity contribution < 1.29 is 19.1 Å². The van der Waals surface area contributed by atoms with Crippen molar-refractivity contribution in [3.63, 3.8) is 0 Å². The Balaban J connectivity index is 1.85. The first-order valence-corrected chi connectivity index (χ1v) is 10.2. The summed E-state index contributed by atoms with van der Waals surface area (Å²) in [6.45, 7) is 6.21. The molecule has 0 spiro atoms. The fourth-order valence-electron chi connectivity index (χ4n) is 2.94. The maximum atomic E-state index is 12.1. The number of methoxy groups -OCH3 is 1. The summed E-state index contributed by atoms with van der Waals surface area (Å²) in [5.74, 6) is -0.503. The fourth-order valence-corrected chi connectivity index (χ4v) is 2.94. The number of esters is 1. The van der Waals surface area contributed by atoms with Crippen LogP contribution >= 0.6 is 0 Å². The van der Waals surface area contributed by atoms with Crippen molar-refractivity contribution in [3.8, 4) is 0 Å². The minimum atomic E-state index is -0.800. The van der Waals surface area contributed by atoms with Crippen LogP contribution in [-0.4, -0.2) is 37.4 Å². The average Bonchev–Trinajstić information content (AvgIpc) is 2.70. The Bertz CT molecular complexity index is 798. The SMILES string of the molecule is COC(=O)[C@H](Cc1ccc(CCCNc2ccccc2)cc1)NC(=O)OC(C)(C)C. The molecule has 1 amide bonds. The molecule has 0 bridgehead atoms. The summed E-state index contributed by atoms with van der Waals surface area (Å²) in [6.07, 6.45) is 1.66. The molecule has 0 radical (unpaired) electrons. The van der Waals surface area contributed by atoms with E-state index in [1.807, 2.05) is 30.3 Å². The predicted molar refractivity (Wildman–Crippen MR) is 119 cm³/mol. The highest BCUT2D eigenvalue weighted by Crippen LogP contribution is 2.12. The predicted octanol–water partition coefficient (Wildman–Crippen LogP) is 4.34. The van der Waals surface area contributed by atoms with E-state index in [1.54, 1.807) is 20.8 Å². The van der Waals surface area contributed by atoms with Crippen LogP contribution in [0.15, 0.2) is 54.6 Å². The van der Waals surface area contributed by atoms with Crippen LogP contribution in [0.4, 0.5) is 10.5 Å². The largest absolute Gasteiger partial charge is 0.467 e. The van der Waals surface area contributed by atoms with Crippen LogP contribution in [0.25, 0.3) is 0 Å². The second-order valence-electron chi connectivity index (χ2n) is 8.14. The van der Waals surface area contributed by atoms with Gasteiger partial charge in [0.05, 0.1) is 7.11 Å². The summed E-state index contributed by atoms with van der Waals surface area (Å²) in [6, 6.07) is 17.4. The zero-order valence-electron chi connectivity index (χ0n) is 18.2. The van der Waals surface area contributed by atoms with Gasteiger partial charge in [0.1, 0.15) is 11.6 Å². The number of ether oxygens (including phenoxy) is 2. The van der Waals surface area contributed by atoms with Gasteiger partial charge >= 0.3 is 12.1 Å². The van der Waals surface area contributed by atoms with Gasteiger partial charge in [-0.2, -0.15) is 0 Å². The third kappa shape index (κ3) is 8.55. The zero-order chi connectivity index (χ0) is 22.0. The van der Waals surface area contributed by atoms with E-state index in [1.165, 1.54) is 12.7 Å². The number of anilines is 1. The number of carbonyl (C=O) groups is 2. The Hall–Kier alpha value is -3.02. The third-order valence-electron chi connectivity index (χ3n) is 4.38. The highest BCUT2D eigenvalue weighted by atomic mass is 16.6. The summed E-state index contributed by atoms with van der Waals surface area (Å²) in [7, 11) is 1.30. The molecular formula is C24H32N2O4. The maximum Gasteiger partial charge on any atom is 0.408 e. The third-order valence-corrected chi connectivity index (χ3v) is 4.38. The number of alkyl carbamates (subject to hydrolysis) is 1. The highest BCUT2D eigenvalue weighted by Gasteiger charge is 2.25. The van der Waals surface area contributed by atoms with E-state index in [4.69, 9.17) is 9.47 Å². The number of para-hydroxylation sites is 1. The molecule has 2 rings (SSSR count). The first-order valence-electron chi connectivity index (χ1n) is 10.2. The summed E-state index contributed by atoms with van der Waals surface area (Å²) in [5, 5.41) is 6.00. The van der Waals surface area contributed by atoms with E-state index >= 15 is 0 Å². The molecule has 0 heterocycles. The van der Waals surface area contributed by atoms with Gasteiger partial charge in [-0.05, 0) is 56.9 Å². The molecule has 162 valence electrons. The van der Waals surface area contributed by atoms with Crippen molar-refractivity contribution in [1.82, 2.24) is 5.32 Å². The Morgan fingerprint density at radius 1 is 0.967 bits per heavy atom. The van der Waals surface area contributed by atoms with E-state index in [9.17, 15) is 9.59 Å². The lowest BCUT2D eigenvalue weighted by Gasteiger charge is -2.22. The number of benzene rings is 2. The van der Waals surface area contributed by atoms with Crippen LogP contribution in [0, 0.1) is 0 Å². The second-order valence-corrected chi connectivity index (χ2v) is 8.14. The lowest BCUT2D eigenvalue weighted by Crippen LogP contribution is -2.45. The summed E-state index contributed by atoms with van der Waals surface area (Å²) < 4.78 is 10.1. The van der Waals surface area contributed by atoms with Crippen LogP contribution in [0.5, 0.6) is 0 Å². The molecule has 0 aliphatic heterocycles. The highest BCUT2D eigenvalue weighted by molar-refractivity contribution is 5.81. The first-order chi connectivity index (χ1) is 14.3. The van der Waals surface area contributed by atoms with Crippen LogP contribution in [0.1, 0.15) is 38.3 Å². The quantitative estimate of drug-likeness (QED) is 0.473. The number of nitrogens with one attached hydrogen (secondary N) is 2. The molecule has 0 saturated carbocycles. The van der Waals surface area contributed by atoms with Crippen LogP contribution in [-0.2, 0) is 27.1 Å². The maximum absolute atomic E-state index is 12.1. The molecule has 0 fully saturated rings. The van der Waals surface area contributed by atoms with Crippen molar-refractivity contribution >= 4 is 17.7 Å². The summed E-state index contributed by atoms with van der Waals surface area (Å²) in [4.78, 5) is 24.1. The van der Waals surface area contributed by atoms with E-state index in [-0.39, 0.29) is 0 Å². The molecule has 0 unspecified atom stereocenters. The fraction of sp³-hybridized carbons (Fsp3) is 0.417. The number of hydrogen-bond acceptors (Lipinski definition) is 5. The van der Waals surface area contributed by atoms with Gasteiger partial charge in [0, 0.05) is 18.7 Å². The van der Waals surface area contributed by atoms with Crippen molar-refractivity contribution in [2.75, 3.05) is 19.0 Å². The van der Waals surface area contributed by atoms with Crippen molar-refractivity contribution in [2.24, 2.45) is 0 Å². The molecular weight excluding hydrogens is 380 g/mol. The van der Waals surface area contributed by atoms with Crippen molar-refractivity contribution in [3.05, 3.63) is 65.7 Å². The van der Waals surface area contributed by atoms with E-state index in [0.717, 1.165) is 30.6 Å². The van der Waals surface area contributed by atoms with Gasteiger partial charge in [0.15, 0.2) is 0 Å². The van der Waals surface area contributed by atoms with Gasteiger partial charge in [-0.25, -0.2) is 9.59 Å². The van der Waals surface area contributed by atoms with E-state index < -0.39 is 23.7 Å². The molecule has 0 aliphatic carbocycles. The molecule has 1 atom stereocenters. The normalized spacial score (nSPS) is 12.0. The molecule has 30 heavy (non-hydrogen) atoms. The molecule has 0 aliphatic rings. The topological polar surface area (TPSA) is 76.7 Å². The molecule has 0 aromatic heterocycles. The first kappa shape index (κ1) is 23.3. The summed E-state index contributed by atoms with van der Waals surface area (Å²) in [5.41, 5.74) is 2.65. The minimum Gasteiger partial charge on any atom is -0.467 e. The zero-order valence-corrected chi connectivity index (χ0v) is 18.2. The molecule has 2 aromatic rings. The minimum absolute atomic E-state index is 0.335. The lowest BCUT2D eigenvalue weighted by molar-refractivity contribution is -0.143. The number of aryl methyl sites for hydroxylation is 1. The average molecular weight is 413 g/mol.